The maximum absolute atomic E-state index is 13.5. The van der Waals surface area contributed by atoms with Gasteiger partial charge in [-0.05, 0) is 110 Å². The number of hydrogen-bond donors (Lipinski definition) is 1. The van der Waals surface area contributed by atoms with E-state index in [2.05, 4.69) is 17.4 Å². The molecule has 40 heavy (non-hydrogen) atoms. The monoisotopic (exact) mass is 568 g/mol. The number of rotatable bonds is 7. The summed E-state index contributed by atoms with van der Waals surface area (Å²) in [7, 11) is -4.33. The molecule has 3 aromatic rings. The second kappa shape index (κ2) is 9.94. The Morgan fingerprint density at radius 1 is 0.850 bits per heavy atom. The van der Waals surface area contributed by atoms with Gasteiger partial charge in [-0.15, -0.1) is 0 Å². The minimum Gasteiger partial charge on any atom is -0.325 e. The molecular formula is C31H31F3N2O3S. The van der Waals surface area contributed by atoms with Crippen molar-refractivity contribution in [1.82, 2.24) is 0 Å². The van der Waals surface area contributed by atoms with E-state index in [1.54, 1.807) is 6.07 Å². The van der Waals surface area contributed by atoms with Gasteiger partial charge < -0.3 is 5.32 Å². The molecule has 4 aliphatic carbocycles. The fourth-order valence-corrected chi connectivity index (χ4v) is 9.01. The fourth-order valence-electron chi connectivity index (χ4n) is 7.57. The number of nitrogens with zero attached hydrogens (tertiary/aromatic N) is 1. The van der Waals surface area contributed by atoms with Crippen LogP contribution in [0.25, 0.3) is 0 Å². The maximum atomic E-state index is 13.5. The van der Waals surface area contributed by atoms with E-state index in [0.29, 0.717) is 5.69 Å². The predicted molar refractivity (Wildman–Crippen MR) is 147 cm³/mol. The molecule has 4 fully saturated rings. The first-order chi connectivity index (χ1) is 19.0. The summed E-state index contributed by atoms with van der Waals surface area (Å²) in [6.07, 6.45) is 3.03. The number of alkyl halides is 3. The van der Waals surface area contributed by atoms with Gasteiger partial charge in [-0.2, -0.15) is 13.2 Å². The zero-order valence-electron chi connectivity index (χ0n) is 21.9. The van der Waals surface area contributed by atoms with E-state index in [1.807, 2.05) is 12.1 Å². The van der Waals surface area contributed by atoms with Crippen LogP contribution in [0.1, 0.15) is 49.7 Å². The van der Waals surface area contributed by atoms with Gasteiger partial charge in [0.05, 0.1) is 16.1 Å². The Morgan fingerprint density at radius 2 is 1.45 bits per heavy atom. The topological polar surface area (TPSA) is 66.5 Å². The molecular weight excluding hydrogens is 537 g/mol. The smallest absolute Gasteiger partial charge is 0.325 e. The molecule has 0 spiro atoms. The molecule has 4 aliphatic rings. The molecule has 4 saturated carbocycles. The zero-order chi connectivity index (χ0) is 28.1. The summed E-state index contributed by atoms with van der Waals surface area (Å²) in [6, 6.07) is 19.2. The lowest BCUT2D eigenvalue weighted by Gasteiger charge is -2.57. The molecule has 0 aliphatic heterocycles. The molecule has 0 aromatic heterocycles. The Labute approximate surface area is 232 Å². The van der Waals surface area contributed by atoms with Gasteiger partial charge in [-0.3, -0.25) is 9.10 Å². The van der Waals surface area contributed by atoms with Gasteiger partial charge in [0.15, 0.2) is 0 Å². The van der Waals surface area contributed by atoms with Gasteiger partial charge in [-0.25, -0.2) is 8.42 Å². The van der Waals surface area contributed by atoms with Crippen LogP contribution in [0.5, 0.6) is 0 Å². The summed E-state index contributed by atoms with van der Waals surface area (Å²) in [6.45, 7) is -0.685. The second-order valence-corrected chi connectivity index (χ2v) is 13.6. The summed E-state index contributed by atoms with van der Waals surface area (Å²) >= 11 is 0. The van der Waals surface area contributed by atoms with E-state index in [1.165, 1.54) is 74.4 Å². The first-order valence-corrected chi connectivity index (χ1v) is 15.1. The lowest BCUT2D eigenvalue weighted by Crippen LogP contribution is -2.48. The number of anilines is 2. The number of sulfonamides is 1. The van der Waals surface area contributed by atoms with E-state index in [9.17, 15) is 26.4 Å². The predicted octanol–water partition coefficient (Wildman–Crippen LogP) is 7.01. The molecule has 210 valence electrons. The van der Waals surface area contributed by atoms with Gasteiger partial charge in [0, 0.05) is 5.69 Å². The number of carbonyl (C=O) groups is 1. The zero-order valence-corrected chi connectivity index (χ0v) is 22.7. The first-order valence-electron chi connectivity index (χ1n) is 13.7. The van der Waals surface area contributed by atoms with Crippen LogP contribution in [0.15, 0.2) is 83.8 Å². The molecule has 7 rings (SSSR count). The van der Waals surface area contributed by atoms with Gasteiger partial charge in [-0.1, -0.05) is 36.4 Å². The highest BCUT2D eigenvalue weighted by atomic mass is 32.2. The summed E-state index contributed by atoms with van der Waals surface area (Å²) in [5.74, 6) is 1.76. The van der Waals surface area contributed by atoms with Crippen LogP contribution in [-0.4, -0.2) is 20.9 Å². The Kier molecular flexibility index (Phi) is 6.68. The van der Waals surface area contributed by atoms with Gasteiger partial charge >= 0.3 is 6.18 Å². The number of benzene rings is 3. The fraction of sp³-hybridized carbons (Fsp3) is 0.387. The molecule has 3 aromatic carbocycles. The molecule has 0 heterocycles. The third-order valence-electron chi connectivity index (χ3n) is 8.90. The molecule has 5 nitrogen and oxygen atoms in total. The largest absolute Gasteiger partial charge is 0.416 e. The van der Waals surface area contributed by atoms with E-state index >= 15 is 0 Å². The first kappa shape index (κ1) is 26.9. The van der Waals surface area contributed by atoms with E-state index in [4.69, 9.17) is 0 Å². The van der Waals surface area contributed by atoms with Gasteiger partial charge in [0.2, 0.25) is 5.91 Å². The molecule has 1 amide bonds. The number of amides is 1. The average molecular weight is 569 g/mol. The number of carbonyl (C=O) groups excluding carboxylic acids is 1. The van der Waals surface area contributed by atoms with Crippen LogP contribution in [0, 0.1) is 17.8 Å². The van der Waals surface area contributed by atoms with Crippen LogP contribution < -0.4 is 9.62 Å². The molecule has 0 atom stereocenters. The van der Waals surface area contributed by atoms with Gasteiger partial charge in [0.1, 0.15) is 6.54 Å². The van der Waals surface area contributed by atoms with Crippen molar-refractivity contribution in [3.05, 3.63) is 90.0 Å². The molecule has 9 heteroatoms. The van der Waals surface area contributed by atoms with E-state index < -0.39 is 34.2 Å². The van der Waals surface area contributed by atoms with Crippen LogP contribution >= 0.6 is 0 Å². The highest BCUT2D eigenvalue weighted by Crippen LogP contribution is 2.60. The average Bonchev–Trinajstić information content (AvgIpc) is 2.91. The highest BCUT2D eigenvalue weighted by molar-refractivity contribution is 7.92. The maximum Gasteiger partial charge on any atom is 0.416 e. The molecule has 4 bridgehead atoms. The minimum atomic E-state index is -4.67. The van der Waals surface area contributed by atoms with Crippen LogP contribution in [-0.2, 0) is 26.4 Å². The summed E-state index contributed by atoms with van der Waals surface area (Å²) in [4.78, 5) is 13.0. The normalized spacial score (nSPS) is 25.5. The third-order valence-corrected chi connectivity index (χ3v) is 10.7. The van der Waals surface area contributed by atoms with Crippen LogP contribution in [0.3, 0.4) is 0 Å². The van der Waals surface area contributed by atoms with Crippen molar-refractivity contribution in [2.75, 3.05) is 16.2 Å². The number of hydrogen-bond acceptors (Lipinski definition) is 3. The van der Waals surface area contributed by atoms with Crippen molar-refractivity contribution in [3.63, 3.8) is 0 Å². The standard InChI is InChI=1S/C31H31F3N2O3S/c32-31(33,34)25-5-4-6-27(16-25)36(40(38,39)28-7-2-1-3-8-28)20-29(37)35-26-11-9-24(10-12-26)30-17-21-13-22(18-30)15-23(14-21)19-30/h1-12,16,21-23H,13-15,17-20H2,(H,35,37). The molecule has 0 radical (unpaired) electrons. The number of nitrogens with one attached hydrogen (secondary N) is 1. The van der Waals surface area contributed by atoms with Crippen molar-refractivity contribution < 1.29 is 26.4 Å². The molecule has 1 N–H and O–H groups in total. The quantitative estimate of drug-likeness (QED) is 0.334. The van der Waals surface area contributed by atoms with Crippen LogP contribution in [0.4, 0.5) is 24.5 Å². The van der Waals surface area contributed by atoms with E-state index in [0.717, 1.165) is 40.3 Å². The van der Waals surface area contributed by atoms with E-state index in [-0.39, 0.29) is 16.0 Å². The SMILES string of the molecule is O=C(CN(c1cccc(C(F)(F)F)c1)S(=O)(=O)c1ccccc1)Nc1ccc(C23CC4CC(CC(C4)C2)C3)cc1. The summed E-state index contributed by atoms with van der Waals surface area (Å²) < 4.78 is 68.0. The Hall–Kier alpha value is -3.33. The molecule has 0 unspecified atom stereocenters. The summed E-state index contributed by atoms with van der Waals surface area (Å²) in [5.41, 5.74) is 0.771. The van der Waals surface area contributed by atoms with Crippen molar-refractivity contribution in [2.24, 2.45) is 17.8 Å². The lowest BCUT2D eigenvalue weighted by molar-refractivity contribution is -0.137. The van der Waals surface area contributed by atoms with Gasteiger partial charge in [0.25, 0.3) is 10.0 Å². The second-order valence-electron chi connectivity index (χ2n) is 11.7. The van der Waals surface area contributed by atoms with Crippen molar-refractivity contribution in [3.8, 4) is 0 Å². The molecule has 0 saturated heterocycles. The van der Waals surface area contributed by atoms with Crippen molar-refractivity contribution >= 4 is 27.3 Å². The minimum absolute atomic E-state index is 0.125. The Balaban J connectivity index is 1.23. The number of halogens is 3. The van der Waals surface area contributed by atoms with Crippen molar-refractivity contribution in [1.29, 1.82) is 0 Å². The third kappa shape index (κ3) is 5.11. The Morgan fingerprint density at radius 3 is 2.02 bits per heavy atom. The van der Waals surface area contributed by atoms with Crippen molar-refractivity contribution in [2.45, 2.75) is 55.0 Å². The Bertz CT molecular complexity index is 1470. The summed E-state index contributed by atoms with van der Waals surface area (Å²) in [5, 5.41) is 2.74. The van der Waals surface area contributed by atoms with Crippen LogP contribution in [0.2, 0.25) is 0 Å². The lowest BCUT2D eigenvalue weighted by atomic mass is 9.48. The highest BCUT2D eigenvalue weighted by Gasteiger charge is 2.51.